The molecule has 0 heterocycles. The number of carbonyl (C=O) groups is 1. The van der Waals surface area contributed by atoms with Crippen LogP contribution in [0.4, 0.5) is 5.69 Å². The van der Waals surface area contributed by atoms with Crippen molar-refractivity contribution >= 4 is 67.4 Å². The molecule has 2 rings (SSSR count). The summed E-state index contributed by atoms with van der Waals surface area (Å²) < 4.78 is 7.36. The van der Waals surface area contributed by atoms with Crippen LogP contribution in [-0.2, 0) is 0 Å². The van der Waals surface area contributed by atoms with Crippen molar-refractivity contribution in [1.82, 2.24) is 5.32 Å². The third-order valence-corrected chi connectivity index (χ3v) is 4.40. The van der Waals surface area contributed by atoms with E-state index in [0.717, 1.165) is 13.7 Å². The van der Waals surface area contributed by atoms with E-state index < -0.39 is 0 Å². The number of hydrogen-bond acceptors (Lipinski definition) is 3. The SMILES string of the molecule is CCOc1cccc(C(=O)NC(=S)Nc2ccc(Br)cc2I)c1. The van der Waals surface area contributed by atoms with Crippen LogP contribution in [0.1, 0.15) is 17.3 Å². The highest BCUT2D eigenvalue weighted by Crippen LogP contribution is 2.22. The maximum absolute atomic E-state index is 12.2. The minimum Gasteiger partial charge on any atom is -0.494 e. The van der Waals surface area contributed by atoms with Crippen LogP contribution in [0.25, 0.3) is 0 Å². The minimum atomic E-state index is -0.281. The van der Waals surface area contributed by atoms with E-state index in [1.807, 2.05) is 25.1 Å². The Hall–Kier alpha value is -1.19. The molecule has 1 amide bonds. The molecule has 0 atom stereocenters. The number of amides is 1. The summed E-state index contributed by atoms with van der Waals surface area (Å²) in [5.41, 5.74) is 1.33. The molecular formula is C16H14BrIN2O2S. The second-order valence-electron chi connectivity index (χ2n) is 4.49. The summed E-state index contributed by atoms with van der Waals surface area (Å²) >= 11 is 10.8. The largest absolute Gasteiger partial charge is 0.494 e. The van der Waals surface area contributed by atoms with Gasteiger partial charge in [0, 0.05) is 13.6 Å². The number of halogens is 2. The number of carbonyl (C=O) groups excluding carboxylic acids is 1. The first-order valence-electron chi connectivity index (χ1n) is 6.80. The zero-order valence-electron chi connectivity index (χ0n) is 12.2. The van der Waals surface area contributed by atoms with Gasteiger partial charge in [0.1, 0.15) is 5.75 Å². The normalized spacial score (nSPS) is 10.0. The number of hydrogen-bond donors (Lipinski definition) is 2. The van der Waals surface area contributed by atoms with Gasteiger partial charge in [0.2, 0.25) is 0 Å². The van der Waals surface area contributed by atoms with Crippen molar-refractivity contribution in [3.05, 3.63) is 56.1 Å². The highest BCUT2D eigenvalue weighted by atomic mass is 127. The molecule has 0 aliphatic rings. The fourth-order valence-electron chi connectivity index (χ4n) is 1.81. The van der Waals surface area contributed by atoms with Crippen molar-refractivity contribution in [2.24, 2.45) is 0 Å². The Balaban J connectivity index is 2.02. The van der Waals surface area contributed by atoms with Gasteiger partial charge >= 0.3 is 0 Å². The summed E-state index contributed by atoms with van der Waals surface area (Å²) in [6.45, 7) is 2.44. The lowest BCUT2D eigenvalue weighted by Gasteiger charge is -2.12. The van der Waals surface area contributed by atoms with Crippen molar-refractivity contribution in [3.8, 4) is 5.75 Å². The van der Waals surface area contributed by atoms with Crippen LogP contribution in [0.15, 0.2) is 46.9 Å². The molecule has 0 aromatic heterocycles. The lowest BCUT2D eigenvalue weighted by Crippen LogP contribution is -2.34. The van der Waals surface area contributed by atoms with Crippen molar-refractivity contribution in [1.29, 1.82) is 0 Å². The molecule has 2 N–H and O–H groups in total. The van der Waals surface area contributed by atoms with Gasteiger partial charge in [0.05, 0.1) is 12.3 Å². The van der Waals surface area contributed by atoms with E-state index >= 15 is 0 Å². The van der Waals surface area contributed by atoms with Gasteiger partial charge in [-0.25, -0.2) is 0 Å². The standard InChI is InChI=1S/C16H14BrIN2O2S/c1-2-22-12-5-3-4-10(8-12)15(21)20-16(23)19-14-7-6-11(17)9-13(14)18/h3-9H,2H2,1H3,(H2,19,20,21,23). The van der Waals surface area contributed by atoms with Gasteiger partial charge in [0.15, 0.2) is 5.11 Å². The Kier molecular flexibility index (Phi) is 6.79. The molecule has 0 aliphatic heterocycles. The molecule has 2 aromatic carbocycles. The Morgan fingerprint density at radius 2 is 2.09 bits per heavy atom. The van der Waals surface area contributed by atoms with Gasteiger partial charge in [0.25, 0.3) is 5.91 Å². The van der Waals surface area contributed by atoms with E-state index in [1.54, 1.807) is 24.3 Å². The third-order valence-electron chi connectivity index (χ3n) is 2.81. The molecule has 0 radical (unpaired) electrons. The lowest BCUT2D eigenvalue weighted by atomic mass is 10.2. The molecule has 7 heteroatoms. The topological polar surface area (TPSA) is 50.4 Å². The predicted molar refractivity (Wildman–Crippen MR) is 108 cm³/mol. The van der Waals surface area contributed by atoms with Crippen LogP contribution in [-0.4, -0.2) is 17.6 Å². The summed E-state index contributed by atoms with van der Waals surface area (Å²) in [7, 11) is 0. The Bertz CT molecular complexity index is 740. The molecule has 4 nitrogen and oxygen atoms in total. The van der Waals surface area contributed by atoms with Crippen LogP contribution in [0.5, 0.6) is 5.75 Å². The van der Waals surface area contributed by atoms with E-state index in [2.05, 4.69) is 49.2 Å². The average Bonchev–Trinajstić information content (AvgIpc) is 2.51. The average molecular weight is 505 g/mol. The van der Waals surface area contributed by atoms with Crippen molar-refractivity contribution in [2.45, 2.75) is 6.92 Å². The molecule has 23 heavy (non-hydrogen) atoms. The van der Waals surface area contributed by atoms with Gasteiger partial charge in [-0.15, -0.1) is 0 Å². The second kappa shape index (κ2) is 8.60. The van der Waals surface area contributed by atoms with E-state index in [1.165, 1.54) is 0 Å². The Morgan fingerprint density at radius 3 is 2.78 bits per heavy atom. The number of ether oxygens (including phenoxy) is 1. The highest BCUT2D eigenvalue weighted by molar-refractivity contribution is 14.1. The molecule has 0 fully saturated rings. The van der Waals surface area contributed by atoms with Crippen LogP contribution in [0, 0.1) is 3.57 Å². The minimum absolute atomic E-state index is 0.247. The van der Waals surface area contributed by atoms with E-state index in [-0.39, 0.29) is 11.0 Å². The first-order valence-corrected chi connectivity index (χ1v) is 9.08. The van der Waals surface area contributed by atoms with Crippen LogP contribution < -0.4 is 15.4 Å². The quantitative estimate of drug-likeness (QED) is 0.472. The number of thiocarbonyl (C=S) groups is 1. The first-order chi connectivity index (χ1) is 11.0. The molecule has 0 aliphatic carbocycles. The third kappa shape index (κ3) is 5.43. The number of rotatable bonds is 4. The van der Waals surface area contributed by atoms with Crippen LogP contribution >= 0.6 is 50.7 Å². The van der Waals surface area contributed by atoms with Gasteiger partial charge in [-0.05, 0) is 78.1 Å². The summed E-state index contributed by atoms with van der Waals surface area (Å²) in [6, 6.07) is 12.7. The van der Waals surface area contributed by atoms with Crippen LogP contribution in [0.2, 0.25) is 0 Å². The number of benzene rings is 2. The second-order valence-corrected chi connectivity index (χ2v) is 6.98. The molecular weight excluding hydrogens is 491 g/mol. The first kappa shape index (κ1) is 18.2. The zero-order valence-corrected chi connectivity index (χ0v) is 16.8. The maximum Gasteiger partial charge on any atom is 0.257 e. The molecule has 2 aromatic rings. The fraction of sp³-hybridized carbons (Fsp3) is 0.125. The van der Waals surface area contributed by atoms with Gasteiger partial charge < -0.3 is 10.1 Å². The fourth-order valence-corrected chi connectivity index (χ4v) is 3.46. The summed E-state index contributed by atoms with van der Waals surface area (Å²) in [5, 5.41) is 5.93. The summed E-state index contributed by atoms with van der Waals surface area (Å²) in [4.78, 5) is 12.2. The van der Waals surface area contributed by atoms with Gasteiger partial charge in [-0.1, -0.05) is 22.0 Å². The van der Waals surface area contributed by atoms with Crippen LogP contribution in [0.3, 0.4) is 0 Å². The highest BCUT2D eigenvalue weighted by Gasteiger charge is 2.10. The lowest BCUT2D eigenvalue weighted by molar-refractivity contribution is 0.0977. The van der Waals surface area contributed by atoms with E-state index in [0.29, 0.717) is 17.9 Å². The molecule has 0 bridgehead atoms. The molecule has 0 spiro atoms. The Labute approximate surface area is 162 Å². The Morgan fingerprint density at radius 1 is 1.30 bits per heavy atom. The van der Waals surface area contributed by atoms with Crippen molar-refractivity contribution in [3.63, 3.8) is 0 Å². The van der Waals surface area contributed by atoms with E-state index in [9.17, 15) is 4.79 Å². The predicted octanol–water partition coefficient (Wildman–Crippen LogP) is 4.58. The smallest absolute Gasteiger partial charge is 0.257 e. The van der Waals surface area contributed by atoms with E-state index in [4.69, 9.17) is 17.0 Å². The molecule has 120 valence electrons. The molecule has 0 saturated heterocycles. The summed E-state index contributed by atoms with van der Waals surface area (Å²) in [5.74, 6) is 0.373. The maximum atomic E-state index is 12.2. The van der Waals surface area contributed by atoms with Crippen molar-refractivity contribution < 1.29 is 9.53 Å². The summed E-state index contributed by atoms with van der Waals surface area (Å²) in [6.07, 6.45) is 0. The molecule has 0 unspecified atom stereocenters. The molecule has 0 saturated carbocycles. The number of nitrogens with one attached hydrogen (secondary N) is 2. The van der Waals surface area contributed by atoms with Gasteiger partial charge in [-0.3, -0.25) is 10.1 Å². The van der Waals surface area contributed by atoms with Gasteiger partial charge in [-0.2, -0.15) is 0 Å². The monoisotopic (exact) mass is 504 g/mol. The number of anilines is 1. The zero-order chi connectivity index (χ0) is 16.8. The van der Waals surface area contributed by atoms with Crippen molar-refractivity contribution in [2.75, 3.05) is 11.9 Å².